The molecule has 3 N–H and O–H groups in total. The molecule has 0 spiro atoms. The Morgan fingerprint density at radius 1 is 1.55 bits per heavy atom. The molecule has 2 heterocycles. The van der Waals surface area contributed by atoms with Crippen LogP contribution in [0.3, 0.4) is 0 Å². The van der Waals surface area contributed by atoms with Gasteiger partial charge in [0.2, 0.25) is 10.0 Å². The molecule has 20 heavy (non-hydrogen) atoms. The number of thiophene rings is 1. The molecular formula is C11H15BrN4O2S2. The second-order valence-corrected chi connectivity index (χ2v) is 8.62. The van der Waals surface area contributed by atoms with E-state index < -0.39 is 10.0 Å². The molecule has 0 radical (unpaired) electrons. The SMILES string of the molecule is Cc1[nH]nc(CN)c1S(=O)(=O)N(C)Cc1csc(Br)c1. The van der Waals surface area contributed by atoms with Crippen LogP contribution in [0.25, 0.3) is 0 Å². The van der Waals surface area contributed by atoms with E-state index in [1.54, 1.807) is 14.0 Å². The third-order valence-electron chi connectivity index (χ3n) is 2.85. The van der Waals surface area contributed by atoms with Gasteiger partial charge in [-0.1, -0.05) is 0 Å². The Morgan fingerprint density at radius 2 is 2.25 bits per heavy atom. The van der Waals surface area contributed by atoms with Crippen molar-refractivity contribution in [3.63, 3.8) is 0 Å². The van der Waals surface area contributed by atoms with Gasteiger partial charge < -0.3 is 5.73 Å². The fourth-order valence-corrected chi connectivity index (χ4v) is 4.57. The lowest BCUT2D eigenvalue weighted by molar-refractivity contribution is 0.466. The molecule has 0 fully saturated rings. The maximum absolute atomic E-state index is 12.6. The predicted octanol–water partition coefficient (Wildman–Crippen LogP) is 1.82. The molecule has 0 aliphatic heterocycles. The summed E-state index contributed by atoms with van der Waals surface area (Å²) in [5.41, 5.74) is 7.35. The van der Waals surface area contributed by atoms with Gasteiger partial charge in [-0.25, -0.2) is 8.42 Å². The van der Waals surface area contributed by atoms with E-state index in [0.717, 1.165) is 9.35 Å². The highest BCUT2D eigenvalue weighted by atomic mass is 79.9. The molecule has 0 bridgehead atoms. The van der Waals surface area contributed by atoms with Crippen molar-refractivity contribution in [2.24, 2.45) is 5.73 Å². The molecule has 0 unspecified atom stereocenters. The molecule has 9 heteroatoms. The van der Waals surface area contributed by atoms with Crippen molar-refractivity contribution in [1.29, 1.82) is 0 Å². The standard InChI is InChI=1S/C11H15BrN4O2S2/c1-7-11(9(4-13)15-14-7)20(17,18)16(2)5-8-3-10(12)19-6-8/h3,6H,4-5,13H2,1-2H3,(H,14,15). The van der Waals surface area contributed by atoms with E-state index in [1.807, 2.05) is 11.4 Å². The van der Waals surface area contributed by atoms with Gasteiger partial charge in [0.25, 0.3) is 0 Å². The van der Waals surface area contributed by atoms with Gasteiger partial charge in [-0.15, -0.1) is 11.3 Å². The Labute approximate surface area is 130 Å². The quantitative estimate of drug-likeness (QED) is 0.829. The van der Waals surface area contributed by atoms with Crippen molar-refractivity contribution in [2.75, 3.05) is 7.05 Å². The summed E-state index contributed by atoms with van der Waals surface area (Å²) in [6, 6.07) is 1.91. The second kappa shape index (κ2) is 5.94. The number of sulfonamides is 1. The van der Waals surface area contributed by atoms with Crippen molar-refractivity contribution in [3.05, 3.63) is 32.2 Å². The summed E-state index contributed by atoms with van der Waals surface area (Å²) < 4.78 is 27.5. The van der Waals surface area contributed by atoms with Crippen LogP contribution < -0.4 is 5.73 Å². The first-order valence-electron chi connectivity index (χ1n) is 5.79. The summed E-state index contributed by atoms with van der Waals surface area (Å²) >= 11 is 4.89. The summed E-state index contributed by atoms with van der Waals surface area (Å²) in [6.07, 6.45) is 0. The zero-order valence-electron chi connectivity index (χ0n) is 11.1. The highest BCUT2D eigenvalue weighted by molar-refractivity contribution is 9.11. The molecule has 2 aromatic heterocycles. The van der Waals surface area contributed by atoms with Crippen molar-refractivity contribution < 1.29 is 8.42 Å². The molecule has 0 saturated heterocycles. The number of aromatic nitrogens is 2. The fraction of sp³-hybridized carbons (Fsp3) is 0.364. The molecule has 2 rings (SSSR count). The summed E-state index contributed by atoms with van der Waals surface area (Å²) in [5, 5.41) is 8.53. The van der Waals surface area contributed by atoms with Crippen LogP contribution in [0.4, 0.5) is 0 Å². The van der Waals surface area contributed by atoms with Crippen molar-refractivity contribution >= 4 is 37.3 Å². The van der Waals surface area contributed by atoms with E-state index in [2.05, 4.69) is 26.1 Å². The van der Waals surface area contributed by atoms with Crippen LogP contribution in [0, 0.1) is 6.92 Å². The molecule has 2 aromatic rings. The van der Waals surface area contributed by atoms with E-state index in [1.165, 1.54) is 15.6 Å². The first-order chi connectivity index (χ1) is 9.36. The number of nitrogens with two attached hydrogens (primary N) is 1. The molecule has 110 valence electrons. The minimum Gasteiger partial charge on any atom is -0.325 e. The number of nitrogens with one attached hydrogen (secondary N) is 1. The maximum atomic E-state index is 12.6. The predicted molar refractivity (Wildman–Crippen MR) is 81.9 cm³/mol. The van der Waals surface area contributed by atoms with E-state index in [4.69, 9.17) is 5.73 Å². The van der Waals surface area contributed by atoms with Gasteiger partial charge in [-0.2, -0.15) is 9.40 Å². The molecule has 0 aliphatic carbocycles. The molecule has 0 saturated carbocycles. The van der Waals surface area contributed by atoms with E-state index in [9.17, 15) is 8.42 Å². The highest BCUT2D eigenvalue weighted by Crippen LogP contribution is 2.25. The Morgan fingerprint density at radius 3 is 2.80 bits per heavy atom. The minimum absolute atomic E-state index is 0.0801. The van der Waals surface area contributed by atoms with Crippen LogP contribution in [-0.2, 0) is 23.1 Å². The summed E-state index contributed by atoms with van der Waals surface area (Å²) in [7, 11) is -2.06. The molecule has 0 atom stereocenters. The zero-order valence-corrected chi connectivity index (χ0v) is 14.3. The Kier molecular flexibility index (Phi) is 4.65. The Balaban J connectivity index is 2.32. The van der Waals surface area contributed by atoms with Crippen LogP contribution >= 0.6 is 27.3 Å². The van der Waals surface area contributed by atoms with Crippen LogP contribution in [0.1, 0.15) is 17.0 Å². The zero-order chi connectivity index (χ0) is 14.9. The van der Waals surface area contributed by atoms with Gasteiger partial charge in [0.15, 0.2) is 0 Å². The van der Waals surface area contributed by atoms with Gasteiger partial charge in [0, 0.05) is 20.1 Å². The number of nitrogens with zero attached hydrogens (tertiary/aromatic N) is 2. The van der Waals surface area contributed by atoms with E-state index >= 15 is 0 Å². The normalized spacial score (nSPS) is 12.2. The van der Waals surface area contributed by atoms with Crippen molar-refractivity contribution in [3.8, 4) is 0 Å². The summed E-state index contributed by atoms with van der Waals surface area (Å²) in [6.45, 7) is 2.06. The number of H-pyrrole nitrogens is 1. The topological polar surface area (TPSA) is 92.1 Å². The Bertz CT molecular complexity index is 708. The smallest absolute Gasteiger partial charge is 0.246 e. The van der Waals surface area contributed by atoms with E-state index in [-0.39, 0.29) is 11.4 Å². The minimum atomic E-state index is -3.61. The van der Waals surface area contributed by atoms with Crippen LogP contribution in [0.15, 0.2) is 20.1 Å². The highest BCUT2D eigenvalue weighted by Gasteiger charge is 2.28. The van der Waals surface area contributed by atoms with Gasteiger partial charge >= 0.3 is 0 Å². The monoisotopic (exact) mass is 378 g/mol. The maximum Gasteiger partial charge on any atom is 0.246 e. The number of hydrogen-bond acceptors (Lipinski definition) is 5. The molecule has 0 aliphatic rings. The number of aromatic amines is 1. The number of rotatable bonds is 5. The lowest BCUT2D eigenvalue weighted by atomic mass is 10.3. The lowest BCUT2D eigenvalue weighted by Crippen LogP contribution is -2.27. The molecule has 6 nitrogen and oxygen atoms in total. The fourth-order valence-electron chi connectivity index (χ4n) is 1.88. The first kappa shape index (κ1) is 15.6. The number of halogens is 1. The van der Waals surface area contributed by atoms with Crippen LogP contribution in [-0.4, -0.2) is 30.0 Å². The van der Waals surface area contributed by atoms with Crippen LogP contribution in [0.2, 0.25) is 0 Å². The second-order valence-electron chi connectivity index (χ2n) is 4.35. The summed E-state index contributed by atoms with van der Waals surface area (Å²) in [5.74, 6) is 0. The van der Waals surface area contributed by atoms with Crippen molar-refractivity contribution in [1.82, 2.24) is 14.5 Å². The third kappa shape index (κ3) is 2.96. The van der Waals surface area contributed by atoms with Gasteiger partial charge in [0.1, 0.15) is 4.90 Å². The average Bonchev–Trinajstić information content (AvgIpc) is 2.95. The molecular weight excluding hydrogens is 364 g/mol. The lowest BCUT2D eigenvalue weighted by Gasteiger charge is -2.17. The van der Waals surface area contributed by atoms with E-state index in [0.29, 0.717) is 17.9 Å². The largest absolute Gasteiger partial charge is 0.325 e. The van der Waals surface area contributed by atoms with Gasteiger partial charge in [-0.05, 0) is 39.9 Å². The van der Waals surface area contributed by atoms with Gasteiger partial charge in [-0.3, -0.25) is 5.10 Å². The third-order valence-corrected chi connectivity index (χ3v) is 6.41. The van der Waals surface area contributed by atoms with Crippen molar-refractivity contribution in [2.45, 2.75) is 24.9 Å². The Hall–Kier alpha value is -0.740. The molecule has 0 amide bonds. The summed E-state index contributed by atoms with van der Waals surface area (Å²) in [4.78, 5) is 0.178. The first-order valence-corrected chi connectivity index (χ1v) is 8.90. The van der Waals surface area contributed by atoms with Gasteiger partial charge in [0.05, 0.1) is 15.2 Å². The number of aryl methyl sites for hydroxylation is 1. The molecule has 0 aromatic carbocycles. The number of hydrogen-bond donors (Lipinski definition) is 2. The van der Waals surface area contributed by atoms with Crippen LogP contribution in [0.5, 0.6) is 0 Å². The average molecular weight is 379 g/mol.